The summed E-state index contributed by atoms with van der Waals surface area (Å²) < 4.78 is 5.72. The van der Waals surface area contributed by atoms with Crippen LogP contribution in [0.3, 0.4) is 0 Å². The van der Waals surface area contributed by atoms with Gasteiger partial charge in [0.05, 0.1) is 17.2 Å². The number of carbonyl (C=O) groups is 1. The fourth-order valence-corrected chi connectivity index (χ4v) is 3.63. The first kappa shape index (κ1) is 22.4. The summed E-state index contributed by atoms with van der Waals surface area (Å²) in [7, 11) is 0. The molecule has 0 bridgehead atoms. The lowest BCUT2D eigenvalue weighted by Gasteiger charge is -2.19. The number of rotatable bonds is 8. The molecule has 0 saturated heterocycles. The number of non-ortho nitro benzene ring substituents is 1. The second-order valence-corrected chi connectivity index (χ2v) is 8.98. The van der Waals surface area contributed by atoms with Gasteiger partial charge in [-0.05, 0) is 29.5 Å². The monoisotopic (exact) mass is 439 g/mol. The van der Waals surface area contributed by atoms with Crippen LogP contribution in [0.4, 0.5) is 10.8 Å². The molecule has 0 aliphatic rings. The third-order valence-corrected chi connectivity index (χ3v) is 5.40. The van der Waals surface area contributed by atoms with Crippen LogP contribution in [0, 0.1) is 10.1 Å². The summed E-state index contributed by atoms with van der Waals surface area (Å²) in [5, 5.41) is 15.9. The number of ether oxygens (including phenoxy) is 1. The van der Waals surface area contributed by atoms with Crippen molar-refractivity contribution in [3.63, 3.8) is 0 Å². The zero-order chi connectivity index (χ0) is 22.4. The van der Waals surface area contributed by atoms with E-state index in [1.54, 1.807) is 17.5 Å². The molecule has 31 heavy (non-hydrogen) atoms. The lowest BCUT2D eigenvalue weighted by Crippen LogP contribution is -2.13. The first-order valence-electron chi connectivity index (χ1n) is 9.96. The molecule has 1 amide bonds. The average molecular weight is 440 g/mol. The number of amides is 1. The highest BCUT2D eigenvalue weighted by atomic mass is 32.1. The summed E-state index contributed by atoms with van der Waals surface area (Å²) in [5.74, 6) is 0.640. The lowest BCUT2D eigenvalue weighted by molar-refractivity contribution is -0.384. The van der Waals surface area contributed by atoms with Crippen LogP contribution in [-0.2, 0) is 10.2 Å². The van der Waals surface area contributed by atoms with Gasteiger partial charge in [-0.3, -0.25) is 14.9 Å². The average Bonchev–Trinajstić information content (AvgIpc) is 3.19. The molecular weight excluding hydrogens is 414 g/mol. The van der Waals surface area contributed by atoms with Gasteiger partial charge in [-0.2, -0.15) is 0 Å². The van der Waals surface area contributed by atoms with Crippen molar-refractivity contribution in [1.29, 1.82) is 0 Å². The van der Waals surface area contributed by atoms with Gasteiger partial charge in [0, 0.05) is 29.5 Å². The Morgan fingerprint density at radius 1 is 1.19 bits per heavy atom. The zero-order valence-corrected chi connectivity index (χ0v) is 18.6. The number of benzene rings is 2. The largest absolute Gasteiger partial charge is 0.494 e. The number of nitrogens with zero attached hydrogens (tertiary/aromatic N) is 2. The molecule has 0 saturated carbocycles. The molecule has 3 rings (SSSR count). The molecule has 8 heteroatoms. The van der Waals surface area contributed by atoms with Gasteiger partial charge >= 0.3 is 0 Å². The van der Waals surface area contributed by atoms with Crippen LogP contribution in [0.15, 0.2) is 53.9 Å². The fourth-order valence-electron chi connectivity index (χ4n) is 2.90. The summed E-state index contributed by atoms with van der Waals surface area (Å²) in [6.07, 6.45) is 0.891. The zero-order valence-electron chi connectivity index (χ0n) is 17.8. The summed E-state index contributed by atoms with van der Waals surface area (Å²) in [6, 6.07) is 14.3. The number of anilines is 1. The van der Waals surface area contributed by atoms with Crippen molar-refractivity contribution in [3.8, 4) is 17.0 Å². The second kappa shape index (κ2) is 9.70. The first-order valence-corrected chi connectivity index (χ1v) is 10.8. The van der Waals surface area contributed by atoms with E-state index in [9.17, 15) is 14.9 Å². The molecule has 0 unspecified atom stereocenters. The Morgan fingerprint density at radius 2 is 1.94 bits per heavy atom. The molecule has 3 aromatic rings. The number of carbonyl (C=O) groups excluding carboxylic acids is 1. The van der Waals surface area contributed by atoms with Crippen molar-refractivity contribution in [1.82, 2.24) is 4.98 Å². The molecule has 1 N–H and O–H groups in total. The number of nitro benzene ring substituents is 1. The SMILES string of the molecule is CC(C)(C)c1ccc(OCCCC(=O)Nc2nc(-c3cccc([N+](=O)[O-])c3)cs2)cc1. The number of hydrogen-bond acceptors (Lipinski definition) is 6. The van der Waals surface area contributed by atoms with E-state index in [2.05, 4.69) is 43.2 Å². The Bertz CT molecular complexity index is 1060. The maximum absolute atomic E-state index is 12.2. The quantitative estimate of drug-likeness (QED) is 0.271. The Hall–Kier alpha value is -3.26. The molecule has 7 nitrogen and oxygen atoms in total. The fraction of sp³-hybridized carbons (Fsp3) is 0.304. The summed E-state index contributed by atoms with van der Waals surface area (Å²) in [5.41, 5.74) is 2.57. The summed E-state index contributed by atoms with van der Waals surface area (Å²) >= 11 is 1.28. The van der Waals surface area contributed by atoms with Gasteiger partial charge in [0.15, 0.2) is 5.13 Å². The van der Waals surface area contributed by atoms with Crippen LogP contribution in [-0.4, -0.2) is 22.4 Å². The highest BCUT2D eigenvalue weighted by Crippen LogP contribution is 2.28. The Morgan fingerprint density at radius 3 is 2.61 bits per heavy atom. The Balaban J connectivity index is 1.45. The van der Waals surface area contributed by atoms with Crippen molar-refractivity contribution in [2.24, 2.45) is 0 Å². The minimum atomic E-state index is -0.445. The highest BCUT2D eigenvalue weighted by molar-refractivity contribution is 7.14. The highest BCUT2D eigenvalue weighted by Gasteiger charge is 2.13. The maximum atomic E-state index is 12.2. The minimum Gasteiger partial charge on any atom is -0.494 e. The molecular formula is C23H25N3O4S. The van der Waals surface area contributed by atoms with Gasteiger partial charge < -0.3 is 10.1 Å². The summed E-state index contributed by atoms with van der Waals surface area (Å²) in [6.45, 7) is 6.93. The molecule has 0 radical (unpaired) electrons. The van der Waals surface area contributed by atoms with E-state index >= 15 is 0 Å². The van der Waals surface area contributed by atoms with E-state index in [1.807, 2.05) is 12.1 Å². The van der Waals surface area contributed by atoms with Crippen LogP contribution in [0.5, 0.6) is 5.75 Å². The smallest absolute Gasteiger partial charge is 0.270 e. The van der Waals surface area contributed by atoms with Crippen LogP contribution in [0.1, 0.15) is 39.2 Å². The van der Waals surface area contributed by atoms with Crippen LogP contribution >= 0.6 is 11.3 Å². The molecule has 1 aromatic heterocycles. The second-order valence-electron chi connectivity index (χ2n) is 8.12. The number of thiazole rings is 1. The van der Waals surface area contributed by atoms with Gasteiger partial charge in [-0.25, -0.2) is 4.98 Å². The van der Waals surface area contributed by atoms with Gasteiger partial charge in [-0.15, -0.1) is 11.3 Å². The van der Waals surface area contributed by atoms with E-state index < -0.39 is 4.92 Å². The van der Waals surface area contributed by atoms with Gasteiger partial charge in [0.1, 0.15) is 5.75 Å². The molecule has 1 heterocycles. The molecule has 0 fully saturated rings. The van der Waals surface area contributed by atoms with E-state index in [0.29, 0.717) is 35.8 Å². The summed E-state index contributed by atoms with van der Waals surface area (Å²) in [4.78, 5) is 27.0. The standard InChI is InChI=1S/C23H25N3O4S/c1-23(2,3)17-9-11-19(12-10-17)30-13-5-8-21(27)25-22-24-20(15-31-22)16-6-4-7-18(14-16)26(28)29/h4,6-7,9-12,14-15H,5,8,13H2,1-3H3,(H,24,25,27). The predicted octanol–water partition coefficient (Wildman–Crippen LogP) is 5.81. The van der Waals surface area contributed by atoms with E-state index in [-0.39, 0.29) is 17.0 Å². The van der Waals surface area contributed by atoms with Crippen molar-refractivity contribution >= 4 is 28.1 Å². The van der Waals surface area contributed by atoms with Crippen LogP contribution in [0.2, 0.25) is 0 Å². The van der Waals surface area contributed by atoms with Crippen molar-refractivity contribution < 1.29 is 14.5 Å². The van der Waals surface area contributed by atoms with Gasteiger partial charge in [0.25, 0.3) is 5.69 Å². The third kappa shape index (κ3) is 6.36. The molecule has 0 aliphatic carbocycles. The molecule has 0 spiro atoms. The van der Waals surface area contributed by atoms with E-state index in [0.717, 1.165) is 5.75 Å². The number of hydrogen-bond donors (Lipinski definition) is 1. The molecule has 2 aromatic carbocycles. The van der Waals surface area contributed by atoms with Gasteiger partial charge in [0.2, 0.25) is 5.91 Å². The maximum Gasteiger partial charge on any atom is 0.270 e. The number of nitrogens with one attached hydrogen (secondary N) is 1. The molecule has 0 atom stereocenters. The van der Waals surface area contributed by atoms with E-state index in [4.69, 9.17) is 4.74 Å². The van der Waals surface area contributed by atoms with E-state index in [1.165, 1.54) is 29.0 Å². The minimum absolute atomic E-state index is 0.00383. The van der Waals surface area contributed by atoms with Crippen molar-refractivity contribution in [2.75, 3.05) is 11.9 Å². The number of aromatic nitrogens is 1. The normalized spacial score (nSPS) is 11.2. The van der Waals surface area contributed by atoms with Crippen molar-refractivity contribution in [3.05, 3.63) is 69.6 Å². The predicted molar refractivity (Wildman–Crippen MR) is 123 cm³/mol. The van der Waals surface area contributed by atoms with Crippen LogP contribution in [0.25, 0.3) is 11.3 Å². The Labute approximate surface area is 185 Å². The van der Waals surface area contributed by atoms with Gasteiger partial charge in [-0.1, -0.05) is 45.0 Å². The lowest BCUT2D eigenvalue weighted by atomic mass is 9.87. The Kier molecular flexibility index (Phi) is 7.02. The first-order chi connectivity index (χ1) is 14.7. The number of nitro groups is 1. The molecule has 162 valence electrons. The molecule has 0 aliphatic heterocycles. The van der Waals surface area contributed by atoms with Crippen molar-refractivity contribution in [2.45, 2.75) is 39.0 Å². The van der Waals surface area contributed by atoms with Crippen LogP contribution < -0.4 is 10.1 Å². The topological polar surface area (TPSA) is 94.4 Å². The third-order valence-electron chi connectivity index (χ3n) is 4.64.